The van der Waals surface area contributed by atoms with E-state index in [1.165, 1.54) is 0 Å². The van der Waals surface area contributed by atoms with Crippen LogP contribution in [0.4, 0.5) is 5.69 Å². The van der Waals surface area contributed by atoms with Gasteiger partial charge in [0.05, 0.1) is 17.1 Å². The summed E-state index contributed by atoms with van der Waals surface area (Å²) in [5.41, 5.74) is 6.76. The van der Waals surface area contributed by atoms with Crippen molar-refractivity contribution in [2.24, 2.45) is 4.99 Å². The highest BCUT2D eigenvalue weighted by molar-refractivity contribution is 6.19. The maximum Gasteiger partial charge on any atom is 0.246 e. The minimum atomic E-state index is -0.0955. The lowest BCUT2D eigenvalue weighted by molar-refractivity contribution is -0.114. The van der Waals surface area contributed by atoms with Crippen molar-refractivity contribution in [1.82, 2.24) is 9.78 Å². The molecule has 0 unspecified atom stereocenters. The molecule has 136 valence electrons. The molecule has 3 aromatic rings. The predicted octanol–water partition coefficient (Wildman–Crippen LogP) is 4.06. The third-order valence-corrected chi connectivity index (χ3v) is 4.69. The van der Waals surface area contributed by atoms with Crippen LogP contribution in [-0.4, -0.2) is 27.9 Å². The van der Waals surface area contributed by atoms with Gasteiger partial charge in [0, 0.05) is 29.4 Å². The van der Waals surface area contributed by atoms with E-state index in [0.29, 0.717) is 0 Å². The van der Waals surface area contributed by atoms with E-state index >= 15 is 0 Å². The minimum Gasteiger partial charge on any atom is -0.324 e. The van der Waals surface area contributed by atoms with Gasteiger partial charge >= 0.3 is 0 Å². The van der Waals surface area contributed by atoms with Crippen molar-refractivity contribution >= 4 is 17.3 Å². The number of carbonyl (C=O) groups is 1. The predicted molar refractivity (Wildman–Crippen MR) is 108 cm³/mol. The van der Waals surface area contributed by atoms with Crippen molar-refractivity contribution in [3.63, 3.8) is 0 Å². The van der Waals surface area contributed by atoms with Crippen LogP contribution in [0.3, 0.4) is 0 Å². The van der Waals surface area contributed by atoms with Crippen LogP contribution in [0.5, 0.6) is 0 Å². The van der Waals surface area contributed by atoms with Crippen molar-refractivity contribution in [3.05, 3.63) is 71.5 Å². The van der Waals surface area contributed by atoms with E-state index in [0.717, 1.165) is 52.3 Å². The Bertz CT molecular complexity index is 1020. The number of nitrogens with zero attached hydrogens (tertiary/aromatic N) is 3. The first kappa shape index (κ1) is 17.2. The Balaban J connectivity index is 1.84. The molecule has 1 aliphatic rings. The molecule has 5 heteroatoms. The van der Waals surface area contributed by atoms with Crippen molar-refractivity contribution in [2.75, 3.05) is 11.9 Å². The lowest BCUT2D eigenvalue weighted by Crippen LogP contribution is -2.13. The minimum absolute atomic E-state index is 0.0955. The highest BCUT2D eigenvalue weighted by atomic mass is 16.1. The molecule has 5 nitrogen and oxygen atoms in total. The van der Waals surface area contributed by atoms with E-state index in [4.69, 9.17) is 0 Å². The van der Waals surface area contributed by atoms with Gasteiger partial charge in [-0.3, -0.25) is 14.5 Å². The van der Waals surface area contributed by atoms with Gasteiger partial charge in [-0.25, -0.2) is 0 Å². The molecule has 27 heavy (non-hydrogen) atoms. The Morgan fingerprint density at radius 1 is 1.07 bits per heavy atom. The topological polar surface area (TPSA) is 59.3 Å². The zero-order valence-electron chi connectivity index (χ0n) is 15.6. The number of fused-ring (bicyclic) bond motifs is 1. The van der Waals surface area contributed by atoms with E-state index in [1.54, 1.807) is 0 Å². The number of benzene rings is 2. The Hall–Kier alpha value is -3.21. The molecule has 0 bridgehead atoms. The molecule has 1 amide bonds. The van der Waals surface area contributed by atoms with Gasteiger partial charge in [0.25, 0.3) is 0 Å². The summed E-state index contributed by atoms with van der Waals surface area (Å²) < 4.78 is 1.99. The number of amides is 1. The lowest BCUT2D eigenvalue weighted by atomic mass is 9.96. The molecule has 2 heterocycles. The molecular formula is C22H22N4O. The van der Waals surface area contributed by atoms with Crippen molar-refractivity contribution in [1.29, 1.82) is 0 Å². The van der Waals surface area contributed by atoms with Crippen molar-refractivity contribution < 1.29 is 4.79 Å². The van der Waals surface area contributed by atoms with Crippen LogP contribution in [0.2, 0.25) is 0 Å². The average Bonchev–Trinajstić information content (AvgIpc) is 2.95. The average molecular weight is 358 g/mol. The number of anilines is 1. The first-order valence-electron chi connectivity index (χ1n) is 9.24. The first-order valence-corrected chi connectivity index (χ1v) is 9.24. The van der Waals surface area contributed by atoms with E-state index in [2.05, 4.69) is 34.6 Å². The van der Waals surface area contributed by atoms with Gasteiger partial charge in [0.15, 0.2) is 0 Å². The Kier molecular flexibility index (Phi) is 4.59. The molecule has 0 saturated heterocycles. The number of aryl methyl sites for hydroxylation is 2. The molecule has 0 spiro atoms. The van der Waals surface area contributed by atoms with Crippen LogP contribution in [0.1, 0.15) is 30.2 Å². The Labute approximate surface area is 158 Å². The molecule has 0 fully saturated rings. The fraction of sp³-hybridized carbons (Fsp3) is 0.227. The SMILES string of the molecule is CCCn1cc(-c2ccc3c(c2)C(c2ccccc2)=NCC(=O)N3)c(C)n1. The monoisotopic (exact) mass is 358 g/mol. The van der Waals surface area contributed by atoms with Gasteiger partial charge in [0.2, 0.25) is 5.91 Å². The maximum absolute atomic E-state index is 12.1. The van der Waals surface area contributed by atoms with Crippen LogP contribution >= 0.6 is 0 Å². The third-order valence-electron chi connectivity index (χ3n) is 4.69. The summed E-state index contributed by atoms with van der Waals surface area (Å²) in [4.78, 5) is 16.7. The second-order valence-electron chi connectivity index (χ2n) is 6.73. The first-order chi connectivity index (χ1) is 13.2. The number of aliphatic imine (C=N–C) groups is 1. The summed E-state index contributed by atoms with van der Waals surface area (Å²) in [6, 6.07) is 16.1. The van der Waals surface area contributed by atoms with Gasteiger partial charge in [-0.1, -0.05) is 43.3 Å². The molecule has 1 N–H and O–H groups in total. The zero-order chi connectivity index (χ0) is 18.8. The lowest BCUT2D eigenvalue weighted by Gasteiger charge is -2.12. The highest BCUT2D eigenvalue weighted by Crippen LogP contribution is 2.30. The highest BCUT2D eigenvalue weighted by Gasteiger charge is 2.19. The van der Waals surface area contributed by atoms with Crippen molar-refractivity contribution in [3.8, 4) is 11.1 Å². The molecule has 2 aromatic carbocycles. The largest absolute Gasteiger partial charge is 0.324 e. The second kappa shape index (κ2) is 7.19. The Morgan fingerprint density at radius 3 is 2.67 bits per heavy atom. The summed E-state index contributed by atoms with van der Waals surface area (Å²) in [5, 5.41) is 7.58. The number of nitrogens with one attached hydrogen (secondary N) is 1. The summed E-state index contributed by atoms with van der Waals surface area (Å²) in [6.45, 7) is 5.20. The normalized spacial score (nSPS) is 13.6. The molecule has 1 aromatic heterocycles. The summed E-state index contributed by atoms with van der Waals surface area (Å²) in [6.07, 6.45) is 3.14. The number of hydrogen-bond acceptors (Lipinski definition) is 3. The van der Waals surface area contributed by atoms with E-state index in [-0.39, 0.29) is 12.5 Å². The van der Waals surface area contributed by atoms with Crippen LogP contribution < -0.4 is 5.32 Å². The quantitative estimate of drug-likeness (QED) is 0.765. The van der Waals surface area contributed by atoms with Crippen LogP contribution in [-0.2, 0) is 11.3 Å². The van der Waals surface area contributed by atoms with Crippen LogP contribution in [0, 0.1) is 6.92 Å². The third kappa shape index (κ3) is 3.40. The number of benzodiazepines with no additional fused rings is 1. The van der Waals surface area contributed by atoms with E-state index < -0.39 is 0 Å². The molecule has 0 saturated carbocycles. The van der Waals surface area contributed by atoms with Gasteiger partial charge in [-0.2, -0.15) is 5.10 Å². The van der Waals surface area contributed by atoms with E-state index in [1.807, 2.05) is 54.1 Å². The molecule has 0 atom stereocenters. The number of aromatic nitrogens is 2. The number of rotatable bonds is 4. The van der Waals surface area contributed by atoms with E-state index in [9.17, 15) is 4.79 Å². The Morgan fingerprint density at radius 2 is 1.89 bits per heavy atom. The van der Waals surface area contributed by atoms with Crippen LogP contribution in [0.15, 0.2) is 59.7 Å². The van der Waals surface area contributed by atoms with Gasteiger partial charge in [-0.15, -0.1) is 0 Å². The molecule has 0 aliphatic carbocycles. The van der Waals surface area contributed by atoms with Crippen LogP contribution in [0.25, 0.3) is 11.1 Å². The van der Waals surface area contributed by atoms with Gasteiger partial charge in [0.1, 0.15) is 6.54 Å². The van der Waals surface area contributed by atoms with Gasteiger partial charge in [-0.05, 0) is 31.0 Å². The zero-order valence-corrected chi connectivity index (χ0v) is 15.6. The fourth-order valence-corrected chi connectivity index (χ4v) is 3.43. The smallest absolute Gasteiger partial charge is 0.246 e. The standard InChI is InChI=1S/C22H22N4O/c1-3-11-26-14-19(15(2)25-26)17-9-10-20-18(12-17)22(23-13-21(27)24-20)16-7-5-4-6-8-16/h4-10,12,14H,3,11,13H2,1-2H3,(H,24,27). The molecular weight excluding hydrogens is 336 g/mol. The number of carbonyl (C=O) groups excluding carboxylic acids is 1. The van der Waals surface area contributed by atoms with Crippen molar-refractivity contribution in [2.45, 2.75) is 26.8 Å². The molecule has 1 aliphatic heterocycles. The fourth-order valence-electron chi connectivity index (χ4n) is 3.43. The maximum atomic E-state index is 12.1. The number of hydrogen-bond donors (Lipinski definition) is 1. The molecule has 0 radical (unpaired) electrons. The summed E-state index contributed by atoms with van der Waals surface area (Å²) in [5.74, 6) is -0.0955. The molecule has 4 rings (SSSR count). The second-order valence-corrected chi connectivity index (χ2v) is 6.73. The van der Waals surface area contributed by atoms with Gasteiger partial charge < -0.3 is 5.32 Å². The summed E-state index contributed by atoms with van der Waals surface area (Å²) in [7, 11) is 0. The summed E-state index contributed by atoms with van der Waals surface area (Å²) >= 11 is 0.